The number of nitrogens with zero attached hydrogens (tertiary/aromatic N) is 1. The van der Waals surface area contributed by atoms with Gasteiger partial charge in [-0.3, -0.25) is 9.59 Å². The standard InChI is InChI=1S/C19H25N3O2S/c1-12(19-22-15-9-5-6-10-16(15)25-19)11-20-18(24)17(21-13(2)23)14-7-3-4-8-14/h5-6,9-10,12,14,17H,3-4,7-8,11H2,1-2H3,(H,20,24)(H,21,23). The summed E-state index contributed by atoms with van der Waals surface area (Å²) in [5.41, 5.74) is 1.00. The second-order valence-corrected chi connectivity index (χ2v) is 7.95. The van der Waals surface area contributed by atoms with Crippen LogP contribution in [0.5, 0.6) is 0 Å². The maximum absolute atomic E-state index is 12.6. The quantitative estimate of drug-likeness (QED) is 0.832. The second kappa shape index (κ2) is 7.95. The van der Waals surface area contributed by atoms with Gasteiger partial charge in [-0.2, -0.15) is 0 Å². The first-order chi connectivity index (χ1) is 12.0. The number of carbonyl (C=O) groups is 2. The number of thiazole rings is 1. The SMILES string of the molecule is CC(=O)NC(C(=O)NCC(C)c1nc2ccccc2s1)C1CCCC1. The highest BCUT2D eigenvalue weighted by molar-refractivity contribution is 7.18. The van der Waals surface area contributed by atoms with Crippen LogP contribution in [0.4, 0.5) is 0 Å². The van der Waals surface area contributed by atoms with Crippen molar-refractivity contribution in [1.82, 2.24) is 15.6 Å². The minimum Gasteiger partial charge on any atom is -0.354 e. The maximum atomic E-state index is 12.6. The van der Waals surface area contributed by atoms with E-state index in [4.69, 9.17) is 0 Å². The molecule has 1 aromatic heterocycles. The molecule has 2 amide bonds. The van der Waals surface area contributed by atoms with Gasteiger partial charge in [0.05, 0.1) is 15.2 Å². The molecule has 0 saturated heterocycles. The predicted octanol–water partition coefficient (Wildman–Crippen LogP) is 3.21. The largest absolute Gasteiger partial charge is 0.354 e. The molecule has 0 spiro atoms. The van der Waals surface area contributed by atoms with E-state index < -0.39 is 6.04 Å². The van der Waals surface area contributed by atoms with Crippen LogP contribution in [-0.4, -0.2) is 29.4 Å². The van der Waals surface area contributed by atoms with Crippen LogP contribution in [0, 0.1) is 5.92 Å². The molecule has 3 rings (SSSR count). The van der Waals surface area contributed by atoms with Gasteiger partial charge in [0.25, 0.3) is 0 Å². The Morgan fingerprint density at radius 3 is 2.68 bits per heavy atom. The molecule has 1 saturated carbocycles. The first-order valence-corrected chi connectivity index (χ1v) is 9.76. The Morgan fingerprint density at radius 2 is 2.00 bits per heavy atom. The highest BCUT2D eigenvalue weighted by atomic mass is 32.1. The summed E-state index contributed by atoms with van der Waals surface area (Å²) in [4.78, 5) is 28.8. The first-order valence-electron chi connectivity index (χ1n) is 8.95. The summed E-state index contributed by atoms with van der Waals surface area (Å²) in [7, 11) is 0. The third kappa shape index (κ3) is 4.37. The van der Waals surface area contributed by atoms with Gasteiger partial charge in [0, 0.05) is 19.4 Å². The van der Waals surface area contributed by atoms with Crippen molar-refractivity contribution in [2.45, 2.75) is 51.5 Å². The van der Waals surface area contributed by atoms with Gasteiger partial charge in [-0.25, -0.2) is 4.98 Å². The van der Waals surface area contributed by atoms with Crippen LogP contribution < -0.4 is 10.6 Å². The molecule has 0 radical (unpaired) electrons. The monoisotopic (exact) mass is 359 g/mol. The first kappa shape index (κ1) is 17.9. The Morgan fingerprint density at radius 1 is 1.28 bits per heavy atom. The summed E-state index contributed by atoms with van der Waals surface area (Å²) < 4.78 is 1.16. The van der Waals surface area contributed by atoms with Gasteiger partial charge in [-0.1, -0.05) is 31.9 Å². The van der Waals surface area contributed by atoms with E-state index in [9.17, 15) is 9.59 Å². The average molecular weight is 359 g/mol. The molecule has 1 fully saturated rings. The van der Waals surface area contributed by atoms with E-state index >= 15 is 0 Å². The van der Waals surface area contributed by atoms with Crippen molar-refractivity contribution in [3.8, 4) is 0 Å². The fraction of sp³-hybridized carbons (Fsp3) is 0.526. The molecule has 1 aromatic carbocycles. The van der Waals surface area contributed by atoms with E-state index in [1.54, 1.807) is 11.3 Å². The minimum absolute atomic E-state index is 0.0740. The summed E-state index contributed by atoms with van der Waals surface area (Å²) in [5, 5.41) is 6.89. The molecule has 1 aliphatic carbocycles. The summed E-state index contributed by atoms with van der Waals surface area (Å²) in [6.45, 7) is 4.07. The van der Waals surface area contributed by atoms with Crippen LogP contribution in [0.25, 0.3) is 10.2 Å². The number of amides is 2. The lowest BCUT2D eigenvalue weighted by atomic mass is 9.97. The van der Waals surface area contributed by atoms with Crippen molar-refractivity contribution in [3.05, 3.63) is 29.3 Å². The highest BCUT2D eigenvalue weighted by Crippen LogP contribution is 2.29. The summed E-state index contributed by atoms with van der Waals surface area (Å²) >= 11 is 1.67. The third-order valence-corrected chi connectivity index (χ3v) is 6.09. The third-order valence-electron chi connectivity index (χ3n) is 4.83. The molecule has 2 atom stereocenters. The summed E-state index contributed by atoms with van der Waals surface area (Å²) in [6.07, 6.45) is 4.28. The molecule has 5 nitrogen and oxygen atoms in total. The number of carbonyl (C=O) groups excluding carboxylic acids is 2. The molecule has 2 aromatic rings. The van der Waals surface area contributed by atoms with E-state index in [0.29, 0.717) is 6.54 Å². The van der Waals surface area contributed by atoms with E-state index in [2.05, 4.69) is 28.6 Å². The molecule has 1 aliphatic rings. The van der Waals surface area contributed by atoms with E-state index in [1.165, 1.54) is 6.92 Å². The van der Waals surface area contributed by atoms with Gasteiger partial charge in [-0.05, 0) is 30.9 Å². The van der Waals surface area contributed by atoms with Gasteiger partial charge >= 0.3 is 0 Å². The van der Waals surface area contributed by atoms with Crippen molar-refractivity contribution in [2.24, 2.45) is 5.92 Å². The molecule has 0 aliphatic heterocycles. The Hall–Kier alpha value is -1.95. The number of hydrogen-bond donors (Lipinski definition) is 2. The van der Waals surface area contributed by atoms with E-state index in [-0.39, 0.29) is 23.7 Å². The maximum Gasteiger partial charge on any atom is 0.242 e. The smallest absolute Gasteiger partial charge is 0.242 e. The number of hydrogen-bond acceptors (Lipinski definition) is 4. The fourth-order valence-electron chi connectivity index (χ4n) is 3.46. The number of aromatic nitrogens is 1. The van der Waals surface area contributed by atoms with E-state index in [1.807, 2.05) is 18.2 Å². The molecule has 25 heavy (non-hydrogen) atoms. The van der Waals surface area contributed by atoms with Crippen molar-refractivity contribution < 1.29 is 9.59 Å². The molecular weight excluding hydrogens is 334 g/mol. The Balaban J connectivity index is 1.61. The molecule has 6 heteroatoms. The lowest BCUT2D eigenvalue weighted by Crippen LogP contribution is -2.50. The van der Waals surface area contributed by atoms with Crippen LogP contribution >= 0.6 is 11.3 Å². The molecular formula is C19H25N3O2S. The van der Waals surface area contributed by atoms with Gasteiger partial charge in [-0.15, -0.1) is 11.3 Å². The number of rotatable bonds is 6. The Labute approximate surface area is 152 Å². The van der Waals surface area contributed by atoms with Gasteiger partial charge in [0.15, 0.2) is 0 Å². The van der Waals surface area contributed by atoms with Crippen LogP contribution in [0.2, 0.25) is 0 Å². The minimum atomic E-state index is -0.414. The van der Waals surface area contributed by atoms with Gasteiger partial charge < -0.3 is 10.6 Å². The molecule has 134 valence electrons. The zero-order valence-corrected chi connectivity index (χ0v) is 15.6. The van der Waals surface area contributed by atoms with Gasteiger partial charge in [0.2, 0.25) is 11.8 Å². The number of nitrogens with one attached hydrogen (secondary N) is 2. The summed E-state index contributed by atoms with van der Waals surface area (Å²) in [5.74, 6) is 0.172. The average Bonchev–Trinajstić information content (AvgIpc) is 3.26. The molecule has 2 N–H and O–H groups in total. The lowest BCUT2D eigenvalue weighted by molar-refractivity contribution is -0.129. The molecule has 0 bridgehead atoms. The number of fused-ring (bicyclic) bond motifs is 1. The second-order valence-electron chi connectivity index (χ2n) is 6.89. The van der Waals surface area contributed by atoms with Crippen LogP contribution in [0.15, 0.2) is 24.3 Å². The molecule has 1 heterocycles. The van der Waals surface area contributed by atoms with Crippen molar-refractivity contribution in [3.63, 3.8) is 0 Å². The summed E-state index contributed by atoms with van der Waals surface area (Å²) in [6, 6.07) is 7.65. The number of para-hydroxylation sites is 1. The fourth-order valence-corrected chi connectivity index (χ4v) is 4.48. The van der Waals surface area contributed by atoms with Crippen LogP contribution in [-0.2, 0) is 9.59 Å². The normalized spacial score (nSPS) is 17.4. The van der Waals surface area contributed by atoms with Gasteiger partial charge in [0.1, 0.15) is 6.04 Å². The Kier molecular flexibility index (Phi) is 5.68. The zero-order valence-electron chi connectivity index (χ0n) is 14.7. The highest BCUT2D eigenvalue weighted by Gasteiger charge is 2.31. The zero-order chi connectivity index (χ0) is 17.8. The van der Waals surface area contributed by atoms with Crippen LogP contribution in [0.3, 0.4) is 0 Å². The predicted molar refractivity (Wildman–Crippen MR) is 101 cm³/mol. The number of benzene rings is 1. The van der Waals surface area contributed by atoms with Crippen molar-refractivity contribution in [2.75, 3.05) is 6.54 Å². The van der Waals surface area contributed by atoms with Crippen molar-refractivity contribution in [1.29, 1.82) is 0 Å². The topological polar surface area (TPSA) is 71.1 Å². The lowest BCUT2D eigenvalue weighted by Gasteiger charge is -2.24. The van der Waals surface area contributed by atoms with Crippen molar-refractivity contribution >= 4 is 33.4 Å². The Bertz CT molecular complexity index is 719. The van der Waals surface area contributed by atoms with Crippen LogP contribution in [0.1, 0.15) is 50.5 Å². The molecule has 2 unspecified atom stereocenters. The van der Waals surface area contributed by atoms with E-state index in [0.717, 1.165) is 40.9 Å².